The average molecular weight is 365 g/mol. The summed E-state index contributed by atoms with van der Waals surface area (Å²) in [6.07, 6.45) is 0. The summed E-state index contributed by atoms with van der Waals surface area (Å²) in [4.78, 5) is 32.5. The SMILES string of the molecule is C=C(C)Cn1c(=O)c2c(nc3n2CCN3c2cc(C)ccc2C)n(C)c1=O. The van der Waals surface area contributed by atoms with Crippen LogP contribution in [0.1, 0.15) is 18.1 Å². The highest BCUT2D eigenvalue weighted by Crippen LogP contribution is 2.34. The number of aromatic nitrogens is 4. The molecule has 0 unspecified atom stereocenters. The van der Waals surface area contributed by atoms with Gasteiger partial charge in [0.15, 0.2) is 11.2 Å². The number of benzene rings is 1. The second kappa shape index (κ2) is 5.97. The van der Waals surface area contributed by atoms with Gasteiger partial charge in [0.25, 0.3) is 5.56 Å². The lowest BCUT2D eigenvalue weighted by atomic mass is 10.1. The highest BCUT2D eigenvalue weighted by molar-refractivity contribution is 5.78. The highest BCUT2D eigenvalue weighted by atomic mass is 16.2. The van der Waals surface area contributed by atoms with Crippen molar-refractivity contribution in [2.75, 3.05) is 11.4 Å². The molecule has 0 saturated heterocycles. The van der Waals surface area contributed by atoms with Crippen LogP contribution in [-0.2, 0) is 20.1 Å². The van der Waals surface area contributed by atoms with Gasteiger partial charge in [0, 0.05) is 25.8 Å². The van der Waals surface area contributed by atoms with Gasteiger partial charge in [-0.1, -0.05) is 24.3 Å². The zero-order chi connectivity index (χ0) is 19.5. The van der Waals surface area contributed by atoms with E-state index in [1.807, 2.05) is 4.57 Å². The molecule has 2 aromatic heterocycles. The average Bonchev–Trinajstić information content (AvgIpc) is 3.18. The Hall–Kier alpha value is -3.09. The summed E-state index contributed by atoms with van der Waals surface area (Å²) in [6, 6.07) is 6.30. The van der Waals surface area contributed by atoms with Gasteiger partial charge in [-0.3, -0.25) is 13.9 Å². The van der Waals surface area contributed by atoms with Crippen LogP contribution < -0.4 is 16.1 Å². The van der Waals surface area contributed by atoms with Gasteiger partial charge in [0.2, 0.25) is 5.95 Å². The van der Waals surface area contributed by atoms with Crippen LogP contribution in [0.2, 0.25) is 0 Å². The second-order valence-corrected chi connectivity index (χ2v) is 7.37. The van der Waals surface area contributed by atoms with Crippen LogP contribution in [0, 0.1) is 13.8 Å². The van der Waals surface area contributed by atoms with E-state index in [-0.39, 0.29) is 17.8 Å². The van der Waals surface area contributed by atoms with Gasteiger partial charge >= 0.3 is 5.69 Å². The predicted molar refractivity (Wildman–Crippen MR) is 107 cm³/mol. The number of hydrogen-bond acceptors (Lipinski definition) is 4. The lowest BCUT2D eigenvalue weighted by molar-refractivity contribution is 0.647. The second-order valence-electron chi connectivity index (χ2n) is 7.37. The van der Waals surface area contributed by atoms with E-state index in [0.29, 0.717) is 23.7 Å². The topological polar surface area (TPSA) is 65.1 Å². The third-order valence-corrected chi connectivity index (χ3v) is 5.08. The van der Waals surface area contributed by atoms with E-state index < -0.39 is 0 Å². The van der Waals surface area contributed by atoms with Crippen LogP contribution in [-0.4, -0.2) is 25.2 Å². The van der Waals surface area contributed by atoms with E-state index in [1.54, 1.807) is 14.0 Å². The number of rotatable bonds is 3. The first-order valence-electron chi connectivity index (χ1n) is 8.99. The maximum atomic E-state index is 13.1. The summed E-state index contributed by atoms with van der Waals surface area (Å²) in [6.45, 7) is 11.4. The Morgan fingerprint density at radius 3 is 2.67 bits per heavy atom. The van der Waals surface area contributed by atoms with Gasteiger partial charge in [-0.25, -0.2) is 4.79 Å². The van der Waals surface area contributed by atoms with E-state index in [9.17, 15) is 9.59 Å². The van der Waals surface area contributed by atoms with Crippen LogP contribution in [0.25, 0.3) is 11.2 Å². The molecular formula is C20H23N5O2. The Morgan fingerprint density at radius 1 is 1.22 bits per heavy atom. The smallest absolute Gasteiger partial charge is 0.310 e. The zero-order valence-corrected chi connectivity index (χ0v) is 16.1. The van der Waals surface area contributed by atoms with Gasteiger partial charge in [-0.2, -0.15) is 4.98 Å². The highest BCUT2D eigenvalue weighted by Gasteiger charge is 2.29. The van der Waals surface area contributed by atoms with Crippen molar-refractivity contribution in [3.05, 3.63) is 62.3 Å². The zero-order valence-electron chi connectivity index (χ0n) is 16.1. The summed E-state index contributed by atoms with van der Waals surface area (Å²) in [7, 11) is 1.66. The standard InChI is InChI=1S/C20H23N5O2/c1-12(2)11-25-18(26)16-17(22(5)20(25)27)21-19-23(8-9-24(16)19)15-10-13(3)6-7-14(15)4/h6-7,10H,1,8-9,11H2,2-5H3. The Labute approximate surface area is 156 Å². The van der Waals surface area contributed by atoms with Crippen molar-refractivity contribution in [2.45, 2.75) is 33.9 Å². The Kier molecular flexibility index (Phi) is 3.83. The summed E-state index contributed by atoms with van der Waals surface area (Å²) in [5.74, 6) is 0.707. The number of allylic oxidation sites excluding steroid dienone is 1. The molecule has 0 bridgehead atoms. The van der Waals surface area contributed by atoms with E-state index in [4.69, 9.17) is 0 Å². The molecule has 0 spiro atoms. The molecule has 3 aromatic rings. The van der Waals surface area contributed by atoms with Gasteiger partial charge in [-0.05, 0) is 38.0 Å². The maximum absolute atomic E-state index is 13.1. The molecule has 1 aliphatic rings. The van der Waals surface area contributed by atoms with Crippen molar-refractivity contribution in [2.24, 2.45) is 7.05 Å². The molecule has 0 amide bonds. The van der Waals surface area contributed by atoms with Crippen molar-refractivity contribution in [1.29, 1.82) is 0 Å². The van der Waals surface area contributed by atoms with E-state index in [1.165, 1.54) is 14.7 Å². The molecule has 7 heteroatoms. The molecule has 4 rings (SSSR count). The van der Waals surface area contributed by atoms with Gasteiger partial charge < -0.3 is 9.47 Å². The number of hydrogen-bond donors (Lipinski definition) is 0. The summed E-state index contributed by atoms with van der Waals surface area (Å²) in [5.41, 5.74) is 4.37. The fourth-order valence-corrected chi connectivity index (χ4v) is 3.73. The molecule has 0 fully saturated rings. The minimum atomic E-state index is -0.370. The molecule has 27 heavy (non-hydrogen) atoms. The first-order chi connectivity index (χ1) is 12.8. The minimum Gasteiger partial charge on any atom is -0.310 e. The van der Waals surface area contributed by atoms with Crippen LogP contribution in [0.5, 0.6) is 0 Å². The molecule has 0 atom stereocenters. The molecular weight excluding hydrogens is 342 g/mol. The molecule has 0 radical (unpaired) electrons. The van der Waals surface area contributed by atoms with Crippen molar-refractivity contribution in [3.8, 4) is 0 Å². The summed E-state index contributed by atoms with van der Waals surface area (Å²) < 4.78 is 4.61. The molecule has 140 valence electrons. The Balaban J connectivity index is 1.98. The molecule has 0 aliphatic carbocycles. The van der Waals surface area contributed by atoms with Crippen molar-refractivity contribution >= 4 is 22.8 Å². The van der Waals surface area contributed by atoms with Crippen molar-refractivity contribution < 1.29 is 0 Å². The first kappa shape index (κ1) is 17.3. The largest absolute Gasteiger partial charge is 0.332 e. The Bertz CT molecular complexity index is 1210. The van der Waals surface area contributed by atoms with Crippen molar-refractivity contribution in [3.63, 3.8) is 0 Å². The van der Waals surface area contributed by atoms with Gasteiger partial charge in [0.05, 0.1) is 6.54 Å². The fourth-order valence-electron chi connectivity index (χ4n) is 3.73. The lowest BCUT2D eigenvalue weighted by Gasteiger charge is -2.19. The van der Waals surface area contributed by atoms with Crippen LogP contribution in [0.3, 0.4) is 0 Å². The number of anilines is 2. The number of imidazole rings is 1. The summed E-state index contributed by atoms with van der Waals surface area (Å²) >= 11 is 0. The van der Waals surface area contributed by atoms with E-state index in [2.05, 4.69) is 48.5 Å². The molecule has 1 aliphatic heterocycles. The van der Waals surface area contributed by atoms with E-state index in [0.717, 1.165) is 23.4 Å². The normalized spacial score (nSPS) is 13.4. The molecule has 1 aromatic carbocycles. The predicted octanol–water partition coefficient (Wildman–Crippen LogP) is 2.24. The van der Waals surface area contributed by atoms with Crippen LogP contribution in [0.15, 0.2) is 39.9 Å². The van der Waals surface area contributed by atoms with Gasteiger partial charge in [-0.15, -0.1) is 0 Å². The number of aryl methyl sites for hydroxylation is 3. The molecule has 3 heterocycles. The maximum Gasteiger partial charge on any atom is 0.332 e. The van der Waals surface area contributed by atoms with Crippen LogP contribution in [0.4, 0.5) is 11.6 Å². The minimum absolute atomic E-state index is 0.211. The fraction of sp³-hybridized carbons (Fsp3) is 0.350. The third kappa shape index (κ3) is 2.53. The summed E-state index contributed by atoms with van der Waals surface area (Å²) in [5, 5.41) is 0. The third-order valence-electron chi connectivity index (χ3n) is 5.08. The van der Waals surface area contributed by atoms with Crippen molar-refractivity contribution in [1.82, 2.24) is 18.7 Å². The first-order valence-corrected chi connectivity index (χ1v) is 8.99. The molecule has 7 nitrogen and oxygen atoms in total. The van der Waals surface area contributed by atoms with Crippen LogP contribution >= 0.6 is 0 Å². The Morgan fingerprint density at radius 2 is 1.96 bits per heavy atom. The molecule has 0 saturated carbocycles. The monoisotopic (exact) mass is 365 g/mol. The number of nitrogens with zero attached hydrogens (tertiary/aromatic N) is 5. The van der Waals surface area contributed by atoms with E-state index >= 15 is 0 Å². The van der Waals surface area contributed by atoms with Gasteiger partial charge in [0.1, 0.15) is 0 Å². The number of fused-ring (bicyclic) bond motifs is 3. The molecule has 0 N–H and O–H groups in total. The quantitative estimate of drug-likeness (QED) is 0.668. The lowest BCUT2D eigenvalue weighted by Crippen LogP contribution is -2.39.